The number of nitrogens with one attached hydrogen (secondary N) is 1. The number of rotatable bonds is 1. The lowest BCUT2D eigenvalue weighted by Crippen LogP contribution is -2.00. The second-order valence-corrected chi connectivity index (χ2v) is 7.06. The summed E-state index contributed by atoms with van der Waals surface area (Å²) in [6.07, 6.45) is 6.83. The highest BCUT2D eigenvalue weighted by atomic mass is 15.0. The SMILES string of the molecule is C1=Cc2c(c3ccccc3n2-c2ccc3[nH]c4ccccc4c3c2)CC1.CC. The summed E-state index contributed by atoms with van der Waals surface area (Å²) >= 11 is 0. The van der Waals surface area contributed by atoms with Crippen molar-refractivity contribution < 1.29 is 0 Å². The van der Waals surface area contributed by atoms with Crippen LogP contribution in [-0.2, 0) is 6.42 Å². The monoisotopic (exact) mass is 364 g/mol. The summed E-state index contributed by atoms with van der Waals surface area (Å²) in [4.78, 5) is 3.53. The smallest absolute Gasteiger partial charge is 0.0537 e. The summed E-state index contributed by atoms with van der Waals surface area (Å²) in [6, 6.07) is 24.1. The van der Waals surface area contributed by atoms with Gasteiger partial charge < -0.3 is 9.55 Å². The zero-order chi connectivity index (χ0) is 19.1. The molecule has 0 saturated heterocycles. The molecule has 28 heavy (non-hydrogen) atoms. The zero-order valence-electron chi connectivity index (χ0n) is 16.4. The molecule has 0 bridgehead atoms. The molecule has 0 amide bonds. The Hall–Kier alpha value is -3.26. The van der Waals surface area contributed by atoms with Gasteiger partial charge in [-0.05, 0) is 54.8 Å². The van der Waals surface area contributed by atoms with Crippen molar-refractivity contribution in [3.63, 3.8) is 0 Å². The number of allylic oxidation sites excluding steroid dienone is 1. The van der Waals surface area contributed by atoms with E-state index in [1.54, 1.807) is 0 Å². The van der Waals surface area contributed by atoms with E-state index >= 15 is 0 Å². The highest BCUT2D eigenvalue weighted by Gasteiger charge is 2.18. The van der Waals surface area contributed by atoms with Crippen molar-refractivity contribution in [2.75, 3.05) is 0 Å². The van der Waals surface area contributed by atoms with Crippen molar-refractivity contribution in [2.24, 2.45) is 0 Å². The number of aromatic amines is 1. The first-order valence-electron chi connectivity index (χ1n) is 10.2. The van der Waals surface area contributed by atoms with Gasteiger partial charge in [-0.2, -0.15) is 0 Å². The third kappa shape index (κ3) is 2.41. The first kappa shape index (κ1) is 16.9. The number of para-hydroxylation sites is 2. The minimum atomic E-state index is 1.12. The highest BCUT2D eigenvalue weighted by molar-refractivity contribution is 6.08. The minimum absolute atomic E-state index is 1.12. The fourth-order valence-corrected chi connectivity index (χ4v) is 4.44. The number of benzene rings is 3. The van der Waals surface area contributed by atoms with Crippen LogP contribution in [-0.4, -0.2) is 9.55 Å². The molecule has 0 atom stereocenters. The zero-order valence-corrected chi connectivity index (χ0v) is 16.4. The predicted molar refractivity (Wildman–Crippen MR) is 121 cm³/mol. The van der Waals surface area contributed by atoms with Crippen molar-refractivity contribution in [3.8, 4) is 5.69 Å². The fourth-order valence-electron chi connectivity index (χ4n) is 4.44. The van der Waals surface area contributed by atoms with E-state index in [0.29, 0.717) is 0 Å². The summed E-state index contributed by atoms with van der Waals surface area (Å²) in [7, 11) is 0. The predicted octanol–water partition coefficient (Wildman–Crippen LogP) is 7.25. The third-order valence-corrected chi connectivity index (χ3v) is 5.60. The van der Waals surface area contributed by atoms with Gasteiger partial charge in [0.1, 0.15) is 0 Å². The van der Waals surface area contributed by atoms with Gasteiger partial charge in [0.15, 0.2) is 0 Å². The Balaban J connectivity index is 0.000000829. The number of fused-ring (bicyclic) bond motifs is 6. The van der Waals surface area contributed by atoms with E-state index in [-0.39, 0.29) is 0 Å². The molecule has 6 rings (SSSR count). The first-order valence-corrected chi connectivity index (χ1v) is 10.2. The maximum absolute atomic E-state index is 3.53. The van der Waals surface area contributed by atoms with Gasteiger partial charge in [0.2, 0.25) is 0 Å². The van der Waals surface area contributed by atoms with Gasteiger partial charge in [-0.3, -0.25) is 0 Å². The van der Waals surface area contributed by atoms with Gasteiger partial charge in [0.25, 0.3) is 0 Å². The van der Waals surface area contributed by atoms with Crippen molar-refractivity contribution in [1.82, 2.24) is 9.55 Å². The quantitative estimate of drug-likeness (QED) is 0.323. The van der Waals surface area contributed by atoms with Crippen LogP contribution in [0, 0.1) is 0 Å². The Morgan fingerprint density at radius 1 is 0.786 bits per heavy atom. The average molecular weight is 364 g/mol. The normalized spacial score (nSPS) is 12.9. The summed E-state index contributed by atoms with van der Waals surface area (Å²) < 4.78 is 2.42. The van der Waals surface area contributed by atoms with Gasteiger partial charge >= 0.3 is 0 Å². The second kappa shape index (κ2) is 6.72. The van der Waals surface area contributed by atoms with Crippen molar-refractivity contribution in [3.05, 3.63) is 84.1 Å². The average Bonchev–Trinajstić information content (AvgIpc) is 3.30. The highest BCUT2D eigenvalue weighted by Crippen LogP contribution is 2.35. The molecule has 0 unspecified atom stereocenters. The molecular weight excluding hydrogens is 340 g/mol. The van der Waals surface area contributed by atoms with Gasteiger partial charge in [0, 0.05) is 38.6 Å². The summed E-state index contributed by atoms with van der Waals surface area (Å²) in [5, 5.41) is 3.94. The van der Waals surface area contributed by atoms with Gasteiger partial charge in [-0.25, -0.2) is 0 Å². The first-order chi connectivity index (χ1) is 13.9. The van der Waals surface area contributed by atoms with Crippen LogP contribution < -0.4 is 0 Å². The van der Waals surface area contributed by atoms with E-state index < -0.39 is 0 Å². The molecule has 0 radical (unpaired) electrons. The van der Waals surface area contributed by atoms with Gasteiger partial charge in [-0.1, -0.05) is 56.3 Å². The van der Waals surface area contributed by atoms with Crippen LogP contribution in [0.25, 0.3) is 44.5 Å². The van der Waals surface area contributed by atoms with Crippen molar-refractivity contribution in [1.29, 1.82) is 0 Å². The van der Waals surface area contributed by atoms with E-state index in [1.165, 1.54) is 49.7 Å². The van der Waals surface area contributed by atoms with Crippen LogP contribution in [0.2, 0.25) is 0 Å². The Morgan fingerprint density at radius 2 is 1.54 bits per heavy atom. The minimum Gasteiger partial charge on any atom is -0.355 e. The molecule has 2 aromatic heterocycles. The molecule has 2 nitrogen and oxygen atoms in total. The molecule has 1 aliphatic rings. The van der Waals surface area contributed by atoms with Crippen LogP contribution in [0.4, 0.5) is 0 Å². The molecule has 1 N–H and O–H groups in total. The van der Waals surface area contributed by atoms with Crippen LogP contribution in [0.1, 0.15) is 31.5 Å². The molecule has 1 aliphatic carbocycles. The molecule has 138 valence electrons. The van der Waals surface area contributed by atoms with E-state index in [9.17, 15) is 0 Å². The summed E-state index contributed by atoms with van der Waals surface area (Å²) in [6.45, 7) is 4.00. The number of hydrogen-bond donors (Lipinski definition) is 1. The Kier molecular flexibility index (Phi) is 4.05. The molecule has 0 aliphatic heterocycles. The molecule has 0 fully saturated rings. The second-order valence-electron chi connectivity index (χ2n) is 7.06. The lowest BCUT2D eigenvalue weighted by Gasteiger charge is -2.12. The molecule has 0 spiro atoms. The summed E-state index contributed by atoms with van der Waals surface area (Å²) in [5.74, 6) is 0. The van der Waals surface area contributed by atoms with E-state index in [1.807, 2.05) is 13.8 Å². The van der Waals surface area contributed by atoms with Crippen LogP contribution in [0.15, 0.2) is 72.8 Å². The van der Waals surface area contributed by atoms with E-state index in [4.69, 9.17) is 0 Å². The van der Waals surface area contributed by atoms with Gasteiger partial charge in [0.05, 0.1) is 5.52 Å². The lowest BCUT2D eigenvalue weighted by molar-refractivity contribution is 0.968. The number of H-pyrrole nitrogens is 1. The molecular formula is C26H24N2. The summed E-state index contributed by atoms with van der Waals surface area (Å²) in [5.41, 5.74) is 7.71. The molecule has 5 aromatic rings. The Morgan fingerprint density at radius 3 is 2.43 bits per heavy atom. The number of aryl methyl sites for hydroxylation is 1. The maximum atomic E-state index is 3.53. The largest absolute Gasteiger partial charge is 0.355 e. The van der Waals surface area contributed by atoms with Crippen LogP contribution in [0.3, 0.4) is 0 Å². The number of aromatic nitrogens is 2. The maximum Gasteiger partial charge on any atom is 0.0537 e. The molecule has 2 heterocycles. The Labute approximate surface area is 165 Å². The van der Waals surface area contributed by atoms with E-state index in [2.05, 4.69) is 88.4 Å². The van der Waals surface area contributed by atoms with Gasteiger partial charge in [-0.15, -0.1) is 0 Å². The lowest BCUT2D eigenvalue weighted by atomic mass is 10.0. The van der Waals surface area contributed by atoms with Crippen LogP contribution >= 0.6 is 0 Å². The number of nitrogens with zero attached hydrogens (tertiary/aromatic N) is 1. The molecule has 3 aromatic carbocycles. The fraction of sp³-hybridized carbons (Fsp3) is 0.154. The third-order valence-electron chi connectivity index (χ3n) is 5.60. The Bertz CT molecular complexity index is 1330. The molecule has 0 saturated carbocycles. The molecule has 2 heteroatoms. The van der Waals surface area contributed by atoms with Crippen LogP contribution in [0.5, 0.6) is 0 Å². The topological polar surface area (TPSA) is 20.7 Å². The standard InChI is InChI=1S/C24H18N2.C2H6/c1-4-10-21-17(7-1)20-15-16(13-14-22(20)25-21)26-23-11-5-2-8-18(23)19-9-3-6-12-24(19)26;1-2/h1-2,4-8,10-15,25H,3,9H2;1-2H3. The van der Waals surface area contributed by atoms with Crippen molar-refractivity contribution in [2.45, 2.75) is 26.7 Å². The number of hydrogen-bond acceptors (Lipinski definition) is 0. The van der Waals surface area contributed by atoms with Crippen molar-refractivity contribution >= 4 is 38.8 Å². The van der Waals surface area contributed by atoms with E-state index in [0.717, 1.165) is 12.8 Å².